The molecule has 1 aliphatic heterocycles. The molecule has 1 aromatic rings. The van der Waals surface area contributed by atoms with E-state index in [1.165, 1.54) is 12.1 Å². The molecule has 6 unspecified atom stereocenters. The molecule has 4 aliphatic carbocycles. The smallest absolute Gasteiger partial charge is 0.270 e. The van der Waals surface area contributed by atoms with Gasteiger partial charge >= 0.3 is 0 Å². The number of hydrazone groups is 1. The Balaban J connectivity index is 1.45. The molecule has 132 valence electrons. The van der Waals surface area contributed by atoms with E-state index in [9.17, 15) is 24.8 Å². The number of rotatable bonds is 3. The number of phenolic OH excluding ortho intramolecular Hbond substituents is 1. The topological polar surface area (TPSA) is 113 Å². The zero-order valence-corrected chi connectivity index (χ0v) is 13.6. The summed E-state index contributed by atoms with van der Waals surface area (Å²) < 4.78 is 0. The molecule has 2 saturated carbocycles. The fourth-order valence-electron chi connectivity index (χ4n) is 4.93. The number of carbonyl (C=O) groups excluding carboxylic acids is 2. The van der Waals surface area contributed by atoms with Crippen molar-refractivity contribution in [3.8, 4) is 5.75 Å². The Morgan fingerprint density at radius 1 is 1.15 bits per heavy atom. The van der Waals surface area contributed by atoms with Gasteiger partial charge in [0.25, 0.3) is 17.5 Å². The number of nitrogens with zero attached hydrogens (tertiary/aromatic N) is 3. The van der Waals surface area contributed by atoms with E-state index in [4.69, 9.17) is 0 Å². The number of amides is 2. The Morgan fingerprint density at radius 3 is 2.35 bits per heavy atom. The molecule has 3 fully saturated rings. The minimum atomic E-state index is -0.590. The number of phenols is 1. The number of aromatic hydroxyl groups is 1. The fourth-order valence-corrected chi connectivity index (χ4v) is 4.93. The van der Waals surface area contributed by atoms with Gasteiger partial charge in [0.05, 0.1) is 23.0 Å². The molecular formula is C18H15N3O5. The zero-order chi connectivity index (χ0) is 18.2. The molecule has 5 aliphatic rings. The van der Waals surface area contributed by atoms with E-state index in [0.29, 0.717) is 11.8 Å². The molecule has 2 bridgehead atoms. The van der Waals surface area contributed by atoms with Gasteiger partial charge in [-0.25, -0.2) is 0 Å². The second-order valence-corrected chi connectivity index (χ2v) is 7.39. The summed E-state index contributed by atoms with van der Waals surface area (Å²) in [5, 5.41) is 25.6. The highest BCUT2D eigenvalue weighted by molar-refractivity contribution is 6.06. The van der Waals surface area contributed by atoms with Crippen LogP contribution in [0.5, 0.6) is 5.75 Å². The van der Waals surface area contributed by atoms with Crippen molar-refractivity contribution >= 4 is 23.7 Å². The first-order valence-electron chi connectivity index (χ1n) is 8.55. The SMILES string of the molecule is O=C1C2C3C=CC(C4CC34)C2C(=O)N1N=Cc1cc([N+](=O)[O-])ccc1O. The van der Waals surface area contributed by atoms with E-state index in [2.05, 4.69) is 17.3 Å². The summed E-state index contributed by atoms with van der Waals surface area (Å²) in [6, 6.07) is 3.50. The largest absolute Gasteiger partial charge is 0.507 e. The van der Waals surface area contributed by atoms with Crippen LogP contribution in [0.15, 0.2) is 35.5 Å². The van der Waals surface area contributed by atoms with Crippen LogP contribution in [0.4, 0.5) is 5.69 Å². The maximum Gasteiger partial charge on any atom is 0.270 e. The molecule has 26 heavy (non-hydrogen) atoms. The number of hydrogen-bond donors (Lipinski definition) is 1. The number of benzene rings is 1. The Bertz CT molecular complexity index is 887. The molecule has 1 saturated heterocycles. The zero-order valence-electron chi connectivity index (χ0n) is 13.6. The van der Waals surface area contributed by atoms with Crippen LogP contribution in [0, 0.1) is 45.6 Å². The van der Waals surface area contributed by atoms with Crippen molar-refractivity contribution in [2.45, 2.75) is 6.42 Å². The van der Waals surface area contributed by atoms with Crippen LogP contribution in [0.2, 0.25) is 0 Å². The van der Waals surface area contributed by atoms with Gasteiger partial charge in [-0.15, -0.1) is 0 Å². The van der Waals surface area contributed by atoms with Gasteiger partial charge in [-0.3, -0.25) is 19.7 Å². The predicted molar refractivity (Wildman–Crippen MR) is 88.9 cm³/mol. The first kappa shape index (κ1) is 15.2. The van der Waals surface area contributed by atoms with E-state index < -0.39 is 4.92 Å². The minimum Gasteiger partial charge on any atom is -0.507 e. The van der Waals surface area contributed by atoms with Crippen molar-refractivity contribution in [1.82, 2.24) is 5.01 Å². The lowest BCUT2D eigenvalue weighted by Gasteiger charge is -2.37. The molecule has 0 aromatic heterocycles. The average Bonchev–Trinajstić information content (AvgIpc) is 3.40. The standard InChI is InChI=1S/C18H15N3O5/c22-14-4-1-9(21(25)26)5-8(14)7-19-20-17(23)15-10-2-3-11(13-6-12(10)13)16(15)18(20)24/h1-5,7,10-13,15-16,22H,6H2. The molecule has 1 N–H and O–H groups in total. The second kappa shape index (κ2) is 5.00. The maximum absolute atomic E-state index is 12.8. The summed E-state index contributed by atoms with van der Waals surface area (Å²) in [6.07, 6.45) is 6.36. The summed E-state index contributed by atoms with van der Waals surface area (Å²) in [7, 11) is 0. The van der Waals surface area contributed by atoms with E-state index in [1.807, 2.05) is 0 Å². The van der Waals surface area contributed by atoms with Crippen LogP contribution < -0.4 is 0 Å². The van der Waals surface area contributed by atoms with Gasteiger partial charge in [0.1, 0.15) is 5.75 Å². The second-order valence-electron chi connectivity index (χ2n) is 7.39. The first-order chi connectivity index (χ1) is 12.5. The highest BCUT2D eigenvalue weighted by atomic mass is 16.6. The van der Waals surface area contributed by atoms with Crippen molar-refractivity contribution in [2.24, 2.45) is 40.6 Å². The quantitative estimate of drug-likeness (QED) is 0.292. The molecule has 8 nitrogen and oxygen atoms in total. The lowest BCUT2D eigenvalue weighted by molar-refractivity contribution is -0.384. The number of imide groups is 1. The Kier molecular flexibility index (Phi) is 2.93. The van der Waals surface area contributed by atoms with Crippen LogP contribution in [-0.4, -0.2) is 33.1 Å². The van der Waals surface area contributed by atoms with Crippen LogP contribution >= 0.6 is 0 Å². The molecule has 8 heteroatoms. The van der Waals surface area contributed by atoms with Crippen molar-refractivity contribution in [3.63, 3.8) is 0 Å². The van der Waals surface area contributed by atoms with E-state index in [1.54, 1.807) is 0 Å². The summed E-state index contributed by atoms with van der Waals surface area (Å²) >= 11 is 0. The summed E-state index contributed by atoms with van der Waals surface area (Å²) in [4.78, 5) is 35.8. The molecule has 1 heterocycles. The monoisotopic (exact) mass is 353 g/mol. The fraction of sp³-hybridized carbons (Fsp3) is 0.389. The van der Waals surface area contributed by atoms with Gasteiger partial charge in [-0.2, -0.15) is 10.1 Å². The third-order valence-corrected chi connectivity index (χ3v) is 6.17. The van der Waals surface area contributed by atoms with E-state index in [0.717, 1.165) is 23.7 Å². The summed E-state index contributed by atoms with van der Waals surface area (Å²) in [5.41, 5.74) is -0.127. The van der Waals surface area contributed by atoms with Crippen LogP contribution in [-0.2, 0) is 9.59 Å². The summed E-state index contributed by atoms with van der Waals surface area (Å²) in [6.45, 7) is 0. The highest BCUT2D eigenvalue weighted by Crippen LogP contribution is 2.65. The Labute approximate surface area is 147 Å². The number of carbonyl (C=O) groups is 2. The van der Waals surface area contributed by atoms with E-state index >= 15 is 0 Å². The number of nitro groups is 1. The Hall–Kier alpha value is -3.03. The highest BCUT2D eigenvalue weighted by Gasteiger charge is 2.67. The van der Waals surface area contributed by atoms with E-state index in [-0.39, 0.29) is 52.5 Å². The number of nitro benzene ring substituents is 1. The lowest BCUT2D eigenvalue weighted by Crippen LogP contribution is -2.40. The van der Waals surface area contributed by atoms with Crippen LogP contribution in [0.3, 0.4) is 0 Å². The number of allylic oxidation sites excluding steroid dienone is 2. The van der Waals surface area contributed by atoms with Crippen LogP contribution in [0.1, 0.15) is 12.0 Å². The maximum atomic E-state index is 12.8. The number of non-ortho nitro benzene ring substituents is 1. The molecule has 0 radical (unpaired) electrons. The molecule has 2 amide bonds. The van der Waals surface area contributed by atoms with Gasteiger partial charge in [-0.1, -0.05) is 12.2 Å². The van der Waals surface area contributed by atoms with Crippen molar-refractivity contribution in [3.05, 3.63) is 46.0 Å². The molecule has 6 atom stereocenters. The normalized spacial score (nSPS) is 36.5. The van der Waals surface area contributed by atoms with Gasteiger partial charge in [0, 0.05) is 17.7 Å². The van der Waals surface area contributed by atoms with Crippen molar-refractivity contribution < 1.29 is 19.6 Å². The van der Waals surface area contributed by atoms with Gasteiger partial charge in [0.2, 0.25) is 0 Å². The molecule has 6 rings (SSSR count). The molecule has 0 spiro atoms. The minimum absolute atomic E-state index is 0.0821. The molecular weight excluding hydrogens is 338 g/mol. The first-order valence-corrected chi connectivity index (χ1v) is 8.55. The van der Waals surface area contributed by atoms with Crippen LogP contribution in [0.25, 0.3) is 0 Å². The van der Waals surface area contributed by atoms with Gasteiger partial charge in [0.15, 0.2) is 0 Å². The van der Waals surface area contributed by atoms with Gasteiger partial charge < -0.3 is 5.11 Å². The Morgan fingerprint density at radius 2 is 1.77 bits per heavy atom. The van der Waals surface area contributed by atoms with Crippen molar-refractivity contribution in [1.29, 1.82) is 0 Å². The number of hydrogen-bond acceptors (Lipinski definition) is 6. The predicted octanol–water partition coefficient (Wildman–Crippen LogP) is 1.69. The average molecular weight is 353 g/mol. The molecule has 1 aromatic carbocycles. The lowest BCUT2D eigenvalue weighted by atomic mass is 9.63. The van der Waals surface area contributed by atoms with Gasteiger partial charge in [-0.05, 0) is 36.2 Å². The third-order valence-electron chi connectivity index (χ3n) is 6.17. The third kappa shape index (κ3) is 1.92. The summed E-state index contributed by atoms with van der Waals surface area (Å²) in [5.74, 6) is -0.305. The van der Waals surface area contributed by atoms with Crippen molar-refractivity contribution in [2.75, 3.05) is 0 Å².